The third-order valence-corrected chi connectivity index (χ3v) is 4.74. The zero-order valence-electron chi connectivity index (χ0n) is 17.0. The van der Waals surface area contributed by atoms with E-state index in [1.807, 2.05) is 37.3 Å². The summed E-state index contributed by atoms with van der Waals surface area (Å²) < 4.78 is 20.4. The van der Waals surface area contributed by atoms with Crippen molar-refractivity contribution in [3.63, 3.8) is 0 Å². The third-order valence-electron chi connectivity index (χ3n) is 4.74. The summed E-state index contributed by atoms with van der Waals surface area (Å²) in [5.74, 6) is 1.36. The van der Waals surface area contributed by atoms with Crippen LogP contribution in [-0.4, -0.2) is 20.7 Å². The highest BCUT2D eigenvalue weighted by molar-refractivity contribution is 5.95. The van der Waals surface area contributed by atoms with Crippen LogP contribution in [0.2, 0.25) is 0 Å². The molecule has 0 saturated heterocycles. The van der Waals surface area contributed by atoms with Gasteiger partial charge in [-0.15, -0.1) is 0 Å². The molecule has 0 aliphatic carbocycles. The first-order chi connectivity index (χ1) is 15.1. The van der Waals surface area contributed by atoms with Crippen LogP contribution in [0.1, 0.15) is 28.5 Å². The van der Waals surface area contributed by atoms with Gasteiger partial charge in [-0.2, -0.15) is 5.10 Å². The molecule has 0 saturated carbocycles. The minimum atomic E-state index is -0.310. The van der Waals surface area contributed by atoms with Gasteiger partial charge in [0.1, 0.15) is 17.3 Å². The number of benzene rings is 2. The number of hydrogen-bond acceptors (Lipinski definition) is 4. The van der Waals surface area contributed by atoms with Gasteiger partial charge in [0, 0.05) is 12.7 Å². The molecular weight excluding hydrogens is 395 g/mol. The van der Waals surface area contributed by atoms with Crippen molar-refractivity contribution < 1.29 is 13.9 Å². The number of nitrogens with zero attached hydrogens (tertiary/aromatic N) is 3. The number of hydrogen-bond donors (Lipinski definition) is 1. The van der Waals surface area contributed by atoms with Crippen molar-refractivity contribution in [3.05, 3.63) is 102 Å². The number of rotatable bonds is 7. The Morgan fingerprint density at radius 1 is 1.03 bits per heavy atom. The maximum absolute atomic E-state index is 13.0. The molecule has 4 aromatic rings. The highest BCUT2D eigenvalue weighted by Gasteiger charge is 2.17. The van der Waals surface area contributed by atoms with Crippen LogP contribution in [0.3, 0.4) is 0 Å². The van der Waals surface area contributed by atoms with Crippen molar-refractivity contribution in [2.75, 3.05) is 0 Å². The maximum atomic E-state index is 13.0. The minimum absolute atomic E-state index is 0.189. The van der Waals surface area contributed by atoms with Crippen molar-refractivity contribution in [1.29, 1.82) is 0 Å². The number of aromatic nitrogens is 3. The monoisotopic (exact) mass is 416 g/mol. The number of carbonyl (C=O) groups is 1. The Hall–Kier alpha value is -4.00. The summed E-state index contributed by atoms with van der Waals surface area (Å²) in [6, 6.07) is 18.8. The second-order valence-electron chi connectivity index (χ2n) is 6.84. The first-order valence-corrected chi connectivity index (χ1v) is 9.93. The highest BCUT2D eigenvalue weighted by Crippen LogP contribution is 2.22. The van der Waals surface area contributed by atoms with Crippen LogP contribution in [0.5, 0.6) is 11.5 Å². The molecule has 0 spiro atoms. The van der Waals surface area contributed by atoms with Crippen LogP contribution >= 0.6 is 0 Å². The van der Waals surface area contributed by atoms with Gasteiger partial charge < -0.3 is 10.1 Å². The molecule has 0 aliphatic rings. The predicted molar refractivity (Wildman–Crippen MR) is 115 cm³/mol. The SMILES string of the molecule is CCc1c(C(=O)NCc2ccc(Oc3ccc(F)cc3)cc2)cnn1-c1ccccn1. The van der Waals surface area contributed by atoms with Gasteiger partial charge in [-0.1, -0.05) is 25.1 Å². The van der Waals surface area contributed by atoms with E-state index in [-0.39, 0.29) is 11.7 Å². The second kappa shape index (κ2) is 9.21. The number of carbonyl (C=O) groups excluding carboxylic acids is 1. The molecule has 4 rings (SSSR count). The van der Waals surface area contributed by atoms with Gasteiger partial charge in [-0.05, 0) is 60.5 Å². The lowest BCUT2D eigenvalue weighted by molar-refractivity contribution is 0.0950. The quantitative estimate of drug-likeness (QED) is 0.475. The van der Waals surface area contributed by atoms with Crippen molar-refractivity contribution in [1.82, 2.24) is 20.1 Å². The van der Waals surface area contributed by atoms with Crippen LogP contribution in [0.4, 0.5) is 4.39 Å². The molecule has 0 aliphatic heterocycles. The van der Waals surface area contributed by atoms with Gasteiger partial charge in [-0.25, -0.2) is 14.1 Å². The lowest BCUT2D eigenvalue weighted by Crippen LogP contribution is -2.23. The van der Waals surface area contributed by atoms with E-state index in [1.165, 1.54) is 12.1 Å². The average Bonchev–Trinajstić information content (AvgIpc) is 3.25. The Morgan fingerprint density at radius 2 is 1.74 bits per heavy atom. The van der Waals surface area contributed by atoms with Crippen LogP contribution < -0.4 is 10.1 Å². The summed E-state index contributed by atoms with van der Waals surface area (Å²) >= 11 is 0. The molecule has 2 heterocycles. The van der Waals surface area contributed by atoms with Crippen LogP contribution in [0.15, 0.2) is 79.1 Å². The van der Waals surface area contributed by atoms with Gasteiger partial charge in [0.15, 0.2) is 5.82 Å². The van der Waals surface area contributed by atoms with E-state index in [9.17, 15) is 9.18 Å². The summed E-state index contributed by atoms with van der Waals surface area (Å²) in [5, 5.41) is 7.28. The van der Waals surface area contributed by atoms with E-state index in [0.29, 0.717) is 35.8 Å². The standard InChI is InChI=1S/C24H21FN4O2/c1-2-22-21(16-28-29(22)23-5-3-4-14-26-23)24(30)27-15-17-6-10-19(11-7-17)31-20-12-8-18(25)9-13-20/h3-14,16H,2,15H2,1H3,(H,27,30). The molecule has 31 heavy (non-hydrogen) atoms. The van der Waals surface area contributed by atoms with Gasteiger partial charge in [0.05, 0.1) is 17.5 Å². The van der Waals surface area contributed by atoms with E-state index in [0.717, 1.165) is 11.3 Å². The molecule has 7 heteroatoms. The Labute approximate surface area is 179 Å². The fourth-order valence-electron chi connectivity index (χ4n) is 3.17. The fraction of sp³-hybridized carbons (Fsp3) is 0.125. The first kappa shape index (κ1) is 20.3. The van der Waals surface area contributed by atoms with Crippen molar-refractivity contribution in [2.24, 2.45) is 0 Å². The molecule has 0 fully saturated rings. The fourth-order valence-corrected chi connectivity index (χ4v) is 3.17. The second-order valence-corrected chi connectivity index (χ2v) is 6.84. The van der Waals surface area contributed by atoms with E-state index in [4.69, 9.17) is 4.74 Å². The molecule has 156 valence electrons. The number of pyridine rings is 1. The Kier molecular flexibility index (Phi) is 6.03. The maximum Gasteiger partial charge on any atom is 0.255 e. The molecular formula is C24H21FN4O2. The Balaban J connectivity index is 1.40. The number of halogens is 1. The highest BCUT2D eigenvalue weighted by atomic mass is 19.1. The predicted octanol–water partition coefficient (Wildman–Crippen LogP) is 4.69. The van der Waals surface area contributed by atoms with Crippen molar-refractivity contribution in [2.45, 2.75) is 19.9 Å². The van der Waals surface area contributed by atoms with E-state index < -0.39 is 0 Å². The molecule has 1 amide bonds. The lowest BCUT2D eigenvalue weighted by Gasteiger charge is -2.09. The lowest BCUT2D eigenvalue weighted by atomic mass is 10.1. The van der Waals surface area contributed by atoms with Crippen LogP contribution in [0.25, 0.3) is 5.82 Å². The van der Waals surface area contributed by atoms with Crippen LogP contribution in [0, 0.1) is 5.82 Å². The van der Waals surface area contributed by atoms with Gasteiger partial charge in [0.2, 0.25) is 0 Å². The summed E-state index contributed by atoms with van der Waals surface area (Å²) in [6.07, 6.45) is 3.91. The molecule has 2 aromatic heterocycles. The Morgan fingerprint density at radius 3 is 2.39 bits per heavy atom. The molecule has 0 bridgehead atoms. The third kappa shape index (κ3) is 4.78. The van der Waals surface area contributed by atoms with Gasteiger partial charge >= 0.3 is 0 Å². The summed E-state index contributed by atoms with van der Waals surface area (Å²) in [4.78, 5) is 17.0. The first-order valence-electron chi connectivity index (χ1n) is 9.93. The largest absolute Gasteiger partial charge is 0.457 e. The number of ether oxygens (including phenoxy) is 1. The topological polar surface area (TPSA) is 69.0 Å². The Bertz CT molecular complexity index is 1160. The summed E-state index contributed by atoms with van der Waals surface area (Å²) in [7, 11) is 0. The van der Waals surface area contributed by atoms with E-state index in [2.05, 4.69) is 15.4 Å². The smallest absolute Gasteiger partial charge is 0.255 e. The van der Waals surface area contributed by atoms with Gasteiger partial charge in [0.25, 0.3) is 5.91 Å². The van der Waals surface area contributed by atoms with E-state index >= 15 is 0 Å². The molecule has 2 aromatic carbocycles. The molecule has 6 nitrogen and oxygen atoms in total. The molecule has 0 radical (unpaired) electrons. The molecule has 0 atom stereocenters. The summed E-state index contributed by atoms with van der Waals surface area (Å²) in [5.41, 5.74) is 2.26. The average molecular weight is 416 g/mol. The summed E-state index contributed by atoms with van der Waals surface area (Å²) in [6.45, 7) is 2.35. The zero-order valence-corrected chi connectivity index (χ0v) is 17.0. The molecule has 0 unspecified atom stereocenters. The normalized spacial score (nSPS) is 10.6. The van der Waals surface area contributed by atoms with Crippen molar-refractivity contribution >= 4 is 5.91 Å². The van der Waals surface area contributed by atoms with Crippen LogP contribution in [-0.2, 0) is 13.0 Å². The van der Waals surface area contributed by atoms with Gasteiger partial charge in [-0.3, -0.25) is 4.79 Å². The zero-order chi connectivity index (χ0) is 21.6. The van der Waals surface area contributed by atoms with E-state index in [1.54, 1.807) is 41.3 Å². The van der Waals surface area contributed by atoms with Crippen molar-refractivity contribution in [3.8, 4) is 17.3 Å². The number of nitrogens with one attached hydrogen (secondary N) is 1. The number of amides is 1. The molecule has 1 N–H and O–H groups in total. The minimum Gasteiger partial charge on any atom is -0.457 e.